The minimum absolute atomic E-state index is 0.364. The first kappa shape index (κ1) is 12.4. The summed E-state index contributed by atoms with van der Waals surface area (Å²) in [4.78, 5) is 2.81. The molecule has 0 aromatic carbocycles. The van der Waals surface area contributed by atoms with Crippen LogP contribution in [0.5, 0.6) is 0 Å². The molecule has 2 nitrogen and oxygen atoms in total. The van der Waals surface area contributed by atoms with E-state index in [2.05, 4.69) is 32.2 Å². The average molecular weight is 249 g/mol. The van der Waals surface area contributed by atoms with E-state index in [1.165, 1.54) is 15.3 Å². The molecule has 0 saturated heterocycles. The van der Waals surface area contributed by atoms with E-state index in [1.54, 1.807) is 6.26 Å². The highest BCUT2D eigenvalue weighted by molar-refractivity contribution is 7.12. The van der Waals surface area contributed by atoms with Crippen molar-refractivity contribution in [3.63, 3.8) is 0 Å². The van der Waals surface area contributed by atoms with Gasteiger partial charge in [0.15, 0.2) is 0 Å². The molecule has 1 N–H and O–H groups in total. The monoisotopic (exact) mass is 249 g/mol. The lowest BCUT2D eigenvalue weighted by Crippen LogP contribution is -2.21. The Morgan fingerprint density at radius 3 is 2.76 bits per heavy atom. The first-order valence-corrected chi connectivity index (χ1v) is 6.85. The standard InChI is InChI=1S/C14H19NOS/c1-4-15-13(9-12-6-5-7-16-12)14-8-10(2)11(3)17-14/h5-8,13,15H,4,9H2,1-3H3. The fourth-order valence-electron chi connectivity index (χ4n) is 1.92. The molecule has 0 spiro atoms. The molecule has 92 valence electrons. The van der Waals surface area contributed by atoms with Crippen LogP contribution in [0.3, 0.4) is 0 Å². The highest BCUT2D eigenvalue weighted by Gasteiger charge is 2.15. The number of thiophene rings is 1. The molecule has 3 heteroatoms. The van der Waals surface area contributed by atoms with Crippen molar-refractivity contribution in [2.45, 2.75) is 33.2 Å². The molecule has 0 bridgehead atoms. The van der Waals surface area contributed by atoms with Gasteiger partial charge in [-0.25, -0.2) is 0 Å². The number of rotatable bonds is 5. The highest BCUT2D eigenvalue weighted by atomic mass is 32.1. The van der Waals surface area contributed by atoms with E-state index < -0.39 is 0 Å². The zero-order chi connectivity index (χ0) is 12.3. The lowest BCUT2D eigenvalue weighted by atomic mass is 10.1. The minimum atomic E-state index is 0.364. The molecule has 0 amide bonds. The van der Waals surface area contributed by atoms with Crippen LogP contribution in [0.2, 0.25) is 0 Å². The first-order valence-electron chi connectivity index (χ1n) is 6.03. The normalized spacial score (nSPS) is 12.9. The summed E-state index contributed by atoms with van der Waals surface area (Å²) >= 11 is 1.88. The van der Waals surface area contributed by atoms with Crippen molar-refractivity contribution in [3.05, 3.63) is 45.5 Å². The van der Waals surface area contributed by atoms with Crippen molar-refractivity contribution in [1.29, 1.82) is 0 Å². The highest BCUT2D eigenvalue weighted by Crippen LogP contribution is 2.28. The summed E-state index contributed by atoms with van der Waals surface area (Å²) in [6.07, 6.45) is 2.66. The second kappa shape index (κ2) is 5.52. The van der Waals surface area contributed by atoms with E-state index in [-0.39, 0.29) is 0 Å². The van der Waals surface area contributed by atoms with Gasteiger partial charge in [0.1, 0.15) is 5.76 Å². The molecule has 2 aromatic heterocycles. The number of hydrogen-bond donors (Lipinski definition) is 1. The Morgan fingerprint density at radius 1 is 1.41 bits per heavy atom. The number of aryl methyl sites for hydroxylation is 2. The van der Waals surface area contributed by atoms with Crippen LogP contribution in [0.1, 0.15) is 34.0 Å². The molecule has 2 aromatic rings. The molecule has 0 fully saturated rings. The van der Waals surface area contributed by atoms with Crippen molar-refractivity contribution >= 4 is 11.3 Å². The smallest absolute Gasteiger partial charge is 0.105 e. The van der Waals surface area contributed by atoms with E-state index in [4.69, 9.17) is 4.42 Å². The molecule has 2 rings (SSSR count). The van der Waals surface area contributed by atoms with E-state index in [1.807, 2.05) is 23.5 Å². The lowest BCUT2D eigenvalue weighted by molar-refractivity contribution is 0.458. The molecule has 1 atom stereocenters. The number of likely N-dealkylation sites (N-methyl/N-ethyl adjacent to an activating group) is 1. The molecule has 0 aliphatic heterocycles. The lowest BCUT2D eigenvalue weighted by Gasteiger charge is -2.14. The maximum absolute atomic E-state index is 5.43. The molecule has 0 aliphatic rings. The quantitative estimate of drug-likeness (QED) is 0.870. The predicted molar refractivity (Wildman–Crippen MR) is 72.6 cm³/mol. The van der Waals surface area contributed by atoms with Gasteiger partial charge in [0.05, 0.1) is 6.26 Å². The summed E-state index contributed by atoms with van der Waals surface area (Å²) < 4.78 is 5.43. The minimum Gasteiger partial charge on any atom is -0.469 e. The van der Waals surface area contributed by atoms with E-state index >= 15 is 0 Å². The third kappa shape index (κ3) is 2.99. The first-order chi connectivity index (χ1) is 8.20. The van der Waals surface area contributed by atoms with Crippen molar-refractivity contribution in [3.8, 4) is 0 Å². The van der Waals surface area contributed by atoms with Gasteiger partial charge in [-0.15, -0.1) is 11.3 Å². The Labute approximate surface area is 107 Å². The summed E-state index contributed by atoms with van der Waals surface area (Å²) in [6, 6.07) is 6.64. The Hall–Kier alpha value is -1.06. The zero-order valence-corrected chi connectivity index (χ0v) is 11.4. The number of hydrogen-bond acceptors (Lipinski definition) is 3. The third-order valence-corrected chi connectivity index (χ3v) is 4.23. The fraction of sp³-hybridized carbons (Fsp3) is 0.429. The van der Waals surface area contributed by atoms with Gasteiger partial charge in [-0.2, -0.15) is 0 Å². The summed E-state index contributed by atoms with van der Waals surface area (Å²) in [5.41, 5.74) is 1.38. The van der Waals surface area contributed by atoms with Gasteiger partial charge >= 0.3 is 0 Å². The van der Waals surface area contributed by atoms with Crippen molar-refractivity contribution in [2.75, 3.05) is 6.54 Å². The Bertz CT molecular complexity index is 439. The second-order valence-corrected chi connectivity index (χ2v) is 5.57. The number of furan rings is 1. The molecule has 2 heterocycles. The van der Waals surface area contributed by atoms with Crippen molar-refractivity contribution < 1.29 is 4.42 Å². The van der Waals surface area contributed by atoms with Gasteiger partial charge in [-0.05, 0) is 44.2 Å². The predicted octanol–water partition coefficient (Wildman–Crippen LogP) is 3.85. The van der Waals surface area contributed by atoms with Gasteiger partial charge < -0.3 is 9.73 Å². The largest absolute Gasteiger partial charge is 0.469 e. The van der Waals surface area contributed by atoms with Gasteiger partial charge in [-0.3, -0.25) is 0 Å². The maximum atomic E-state index is 5.43. The summed E-state index contributed by atoms with van der Waals surface area (Å²) in [5.74, 6) is 1.04. The van der Waals surface area contributed by atoms with Crippen LogP contribution >= 0.6 is 11.3 Å². The molecular formula is C14H19NOS. The summed E-state index contributed by atoms with van der Waals surface area (Å²) in [7, 11) is 0. The van der Waals surface area contributed by atoms with Gasteiger partial charge in [0.25, 0.3) is 0 Å². The van der Waals surface area contributed by atoms with E-state index in [9.17, 15) is 0 Å². The van der Waals surface area contributed by atoms with Gasteiger partial charge in [-0.1, -0.05) is 6.92 Å². The number of nitrogens with one attached hydrogen (secondary N) is 1. The molecule has 1 unspecified atom stereocenters. The van der Waals surface area contributed by atoms with Crippen molar-refractivity contribution in [2.24, 2.45) is 0 Å². The zero-order valence-electron chi connectivity index (χ0n) is 10.6. The van der Waals surface area contributed by atoms with Crippen LogP contribution in [0.4, 0.5) is 0 Å². The second-order valence-electron chi connectivity index (χ2n) is 4.28. The van der Waals surface area contributed by atoms with Gasteiger partial charge in [0.2, 0.25) is 0 Å². The van der Waals surface area contributed by atoms with Crippen molar-refractivity contribution in [1.82, 2.24) is 5.32 Å². The summed E-state index contributed by atoms with van der Waals surface area (Å²) in [5, 5.41) is 3.53. The molecule has 0 aliphatic carbocycles. The fourth-order valence-corrected chi connectivity index (χ4v) is 3.04. The SMILES string of the molecule is CCNC(Cc1ccco1)c1cc(C)c(C)s1. The van der Waals surface area contributed by atoms with Gasteiger partial charge in [0, 0.05) is 22.2 Å². The van der Waals surface area contributed by atoms with E-state index in [0.29, 0.717) is 6.04 Å². The molecular weight excluding hydrogens is 230 g/mol. The average Bonchev–Trinajstić information content (AvgIpc) is 2.90. The van der Waals surface area contributed by atoms with Crippen LogP contribution in [0.15, 0.2) is 28.9 Å². The summed E-state index contributed by atoms with van der Waals surface area (Å²) in [6.45, 7) is 7.47. The van der Waals surface area contributed by atoms with Crippen LogP contribution in [-0.2, 0) is 6.42 Å². The Kier molecular flexibility index (Phi) is 4.02. The Morgan fingerprint density at radius 2 is 2.24 bits per heavy atom. The van der Waals surface area contributed by atoms with Crippen LogP contribution < -0.4 is 5.32 Å². The Balaban J connectivity index is 2.16. The van der Waals surface area contributed by atoms with Crippen LogP contribution in [-0.4, -0.2) is 6.54 Å². The van der Waals surface area contributed by atoms with Crippen LogP contribution in [0.25, 0.3) is 0 Å². The topological polar surface area (TPSA) is 25.2 Å². The molecule has 17 heavy (non-hydrogen) atoms. The maximum Gasteiger partial charge on any atom is 0.105 e. The van der Waals surface area contributed by atoms with E-state index in [0.717, 1.165) is 18.7 Å². The molecule has 0 saturated carbocycles. The third-order valence-electron chi connectivity index (χ3n) is 2.96. The van der Waals surface area contributed by atoms with Crippen LogP contribution in [0, 0.1) is 13.8 Å². The molecule has 0 radical (unpaired) electrons.